The van der Waals surface area contributed by atoms with E-state index in [9.17, 15) is 9.90 Å². The van der Waals surface area contributed by atoms with Crippen LogP contribution in [0, 0.1) is 0 Å². The van der Waals surface area contributed by atoms with Crippen LogP contribution in [-0.2, 0) is 17.6 Å². The summed E-state index contributed by atoms with van der Waals surface area (Å²) in [6, 6.07) is 12.1. The van der Waals surface area contributed by atoms with Crippen LogP contribution in [0.2, 0.25) is 10.0 Å². The Bertz CT molecular complexity index is 1180. The number of hydrogen-bond acceptors (Lipinski definition) is 3. The first-order valence-electron chi connectivity index (χ1n) is 10.2. The molecule has 0 radical (unpaired) electrons. The lowest BCUT2D eigenvalue weighted by Gasteiger charge is -2.29. The Balaban J connectivity index is 1.50. The van der Waals surface area contributed by atoms with Crippen LogP contribution in [-0.4, -0.2) is 45.4 Å². The zero-order valence-corrected chi connectivity index (χ0v) is 18.3. The van der Waals surface area contributed by atoms with E-state index in [-0.39, 0.29) is 5.91 Å². The molecule has 0 bridgehead atoms. The van der Waals surface area contributed by atoms with Gasteiger partial charge in [0.1, 0.15) is 6.61 Å². The summed E-state index contributed by atoms with van der Waals surface area (Å²) in [6.45, 7) is 0.666. The third kappa shape index (κ3) is 3.67. The van der Waals surface area contributed by atoms with Crippen LogP contribution in [0.5, 0.6) is 0 Å². The highest BCUT2D eigenvalue weighted by Crippen LogP contribution is 2.45. The van der Waals surface area contributed by atoms with Gasteiger partial charge in [-0.1, -0.05) is 40.9 Å². The van der Waals surface area contributed by atoms with Gasteiger partial charge in [0.25, 0.3) is 0 Å². The van der Waals surface area contributed by atoms with Crippen molar-refractivity contribution in [3.05, 3.63) is 86.7 Å². The minimum absolute atomic E-state index is 0.240. The van der Waals surface area contributed by atoms with Crippen molar-refractivity contribution < 1.29 is 9.90 Å². The number of rotatable bonds is 4. The number of hydrogen-bond donors (Lipinski definition) is 1. The van der Waals surface area contributed by atoms with Crippen LogP contribution < -0.4 is 0 Å². The zero-order chi connectivity index (χ0) is 21.5. The maximum atomic E-state index is 12.1. The predicted molar refractivity (Wildman–Crippen MR) is 122 cm³/mol. The minimum Gasteiger partial charge on any atom is -0.387 e. The molecule has 1 aliphatic carbocycles. The van der Waals surface area contributed by atoms with Gasteiger partial charge in [-0.2, -0.15) is 5.10 Å². The van der Waals surface area contributed by atoms with E-state index in [1.54, 1.807) is 11.1 Å². The zero-order valence-electron chi connectivity index (χ0n) is 16.8. The molecule has 2 aliphatic rings. The van der Waals surface area contributed by atoms with Crippen LogP contribution >= 0.6 is 23.2 Å². The van der Waals surface area contributed by atoms with Crippen LogP contribution in [0.25, 0.3) is 11.3 Å². The van der Waals surface area contributed by atoms with E-state index >= 15 is 0 Å². The smallest absolute Gasteiger partial charge is 0.248 e. The Morgan fingerprint density at radius 1 is 1.19 bits per heavy atom. The third-order valence-corrected chi connectivity index (χ3v) is 6.96. The second kappa shape index (κ2) is 8.15. The number of benzene rings is 2. The molecule has 7 heteroatoms. The van der Waals surface area contributed by atoms with Crippen molar-refractivity contribution in [3.8, 4) is 5.69 Å². The SMILES string of the molecule is O=C(CO)N1CCC2=C(C1)c1c(Cc3ccc(-n4cccn4)cc3)cc(Cl)c(Cl)c1C2. The van der Waals surface area contributed by atoms with E-state index in [0.717, 1.165) is 46.4 Å². The summed E-state index contributed by atoms with van der Waals surface area (Å²) in [6.07, 6.45) is 5.95. The molecule has 158 valence electrons. The van der Waals surface area contributed by atoms with E-state index in [1.807, 2.05) is 35.1 Å². The van der Waals surface area contributed by atoms with Crippen molar-refractivity contribution in [1.29, 1.82) is 0 Å². The van der Waals surface area contributed by atoms with Gasteiger partial charge in [0.15, 0.2) is 0 Å². The Kier molecular flexibility index (Phi) is 5.34. The molecular formula is C24H21Cl2N3O2. The summed E-state index contributed by atoms with van der Waals surface area (Å²) in [4.78, 5) is 13.8. The quantitative estimate of drug-likeness (QED) is 0.640. The molecule has 31 heavy (non-hydrogen) atoms. The van der Waals surface area contributed by atoms with Crippen LogP contribution in [0.4, 0.5) is 0 Å². The van der Waals surface area contributed by atoms with Gasteiger partial charge in [0, 0.05) is 25.5 Å². The van der Waals surface area contributed by atoms with Gasteiger partial charge in [-0.25, -0.2) is 4.68 Å². The third-order valence-electron chi connectivity index (χ3n) is 6.14. The summed E-state index contributed by atoms with van der Waals surface area (Å²) in [5.41, 5.74) is 7.92. The average molecular weight is 454 g/mol. The Morgan fingerprint density at radius 3 is 2.71 bits per heavy atom. The lowest BCUT2D eigenvalue weighted by molar-refractivity contribution is -0.133. The number of carbonyl (C=O) groups excluding carboxylic acids is 1. The standard InChI is InChI=1S/C24H21Cl2N3O2/c25-21-12-17(10-15-2-4-18(5-3-15)29-8-1-7-27-29)23-19(24(21)26)11-16-6-9-28(13-20(16)23)22(31)14-30/h1-5,7-8,12,30H,6,9-11,13-14H2. The first-order chi connectivity index (χ1) is 15.0. The molecule has 1 aliphatic heterocycles. The summed E-state index contributed by atoms with van der Waals surface area (Å²) in [5, 5.41) is 14.7. The molecule has 0 fully saturated rings. The second-order valence-corrected chi connectivity index (χ2v) is 8.75. The van der Waals surface area contributed by atoms with Crippen molar-refractivity contribution >= 4 is 34.7 Å². The number of fused-ring (bicyclic) bond motifs is 2. The van der Waals surface area contributed by atoms with Gasteiger partial charge in [-0.3, -0.25) is 4.79 Å². The number of nitrogens with zero attached hydrogens (tertiary/aromatic N) is 3. The summed E-state index contributed by atoms with van der Waals surface area (Å²) >= 11 is 13.1. The van der Waals surface area contributed by atoms with Crippen molar-refractivity contribution in [2.45, 2.75) is 19.3 Å². The highest BCUT2D eigenvalue weighted by atomic mass is 35.5. The Labute approximate surface area is 190 Å². The van der Waals surface area contributed by atoms with E-state index in [2.05, 4.69) is 17.2 Å². The molecule has 0 unspecified atom stereocenters. The van der Waals surface area contributed by atoms with Crippen molar-refractivity contribution in [2.24, 2.45) is 0 Å². The van der Waals surface area contributed by atoms with E-state index in [1.165, 1.54) is 5.57 Å². The molecule has 2 heterocycles. The molecule has 3 aromatic rings. The number of aliphatic hydroxyl groups excluding tert-OH is 1. The molecule has 0 saturated carbocycles. The van der Waals surface area contributed by atoms with Gasteiger partial charge in [-0.05, 0) is 71.4 Å². The molecule has 1 amide bonds. The summed E-state index contributed by atoms with van der Waals surface area (Å²) < 4.78 is 1.83. The lowest BCUT2D eigenvalue weighted by Crippen LogP contribution is -2.37. The van der Waals surface area contributed by atoms with Crippen molar-refractivity contribution in [3.63, 3.8) is 0 Å². The molecule has 5 rings (SSSR count). The van der Waals surface area contributed by atoms with Crippen molar-refractivity contribution in [2.75, 3.05) is 19.7 Å². The van der Waals surface area contributed by atoms with E-state index < -0.39 is 6.61 Å². The number of aliphatic hydroxyl groups is 1. The second-order valence-electron chi connectivity index (χ2n) is 7.96. The molecule has 0 spiro atoms. The average Bonchev–Trinajstić information content (AvgIpc) is 3.45. The number of halogens is 2. The normalized spacial score (nSPS) is 15.3. The minimum atomic E-state index is -0.466. The lowest BCUT2D eigenvalue weighted by atomic mass is 9.92. The van der Waals surface area contributed by atoms with Crippen LogP contribution in [0.1, 0.15) is 28.7 Å². The fraction of sp³-hybridized carbons (Fsp3) is 0.250. The highest BCUT2D eigenvalue weighted by Gasteiger charge is 2.32. The van der Waals surface area contributed by atoms with Gasteiger partial charge in [0.05, 0.1) is 15.7 Å². The van der Waals surface area contributed by atoms with E-state index in [0.29, 0.717) is 29.6 Å². The molecule has 2 aromatic carbocycles. The van der Waals surface area contributed by atoms with Gasteiger partial charge in [0.2, 0.25) is 5.91 Å². The maximum absolute atomic E-state index is 12.1. The molecule has 1 aromatic heterocycles. The molecule has 0 saturated heterocycles. The molecule has 0 atom stereocenters. The van der Waals surface area contributed by atoms with Crippen LogP contribution in [0.15, 0.2) is 54.4 Å². The van der Waals surface area contributed by atoms with Crippen LogP contribution in [0.3, 0.4) is 0 Å². The first kappa shape index (κ1) is 20.3. The highest BCUT2D eigenvalue weighted by molar-refractivity contribution is 6.42. The molecule has 5 nitrogen and oxygen atoms in total. The summed E-state index contributed by atoms with van der Waals surface area (Å²) in [5.74, 6) is -0.240. The molecular weight excluding hydrogens is 433 g/mol. The first-order valence-corrected chi connectivity index (χ1v) is 11.0. The van der Waals surface area contributed by atoms with Gasteiger partial charge < -0.3 is 10.0 Å². The predicted octanol–water partition coefficient (Wildman–Crippen LogP) is 4.30. The Hall–Kier alpha value is -2.60. The van der Waals surface area contributed by atoms with Gasteiger partial charge in [-0.15, -0.1) is 0 Å². The van der Waals surface area contributed by atoms with Gasteiger partial charge >= 0.3 is 0 Å². The number of amides is 1. The van der Waals surface area contributed by atoms with Crippen molar-refractivity contribution in [1.82, 2.24) is 14.7 Å². The largest absolute Gasteiger partial charge is 0.387 e. The van der Waals surface area contributed by atoms with E-state index in [4.69, 9.17) is 23.2 Å². The fourth-order valence-electron chi connectivity index (χ4n) is 4.61. The fourth-order valence-corrected chi connectivity index (χ4v) is 5.07. The number of aromatic nitrogens is 2. The topological polar surface area (TPSA) is 58.4 Å². The maximum Gasteiger partial charge on any atom is 0.248 e. The molecule has 1 N–H and O–H groups in total. The monoisotopic (exact) mass is 453 g/mol. The number of carbonyl (C=O) groups is 1. The summed E-state index contributed by atoms with van der Waals surface area (Å²) in [7, 11) is 0. The Morgan fingerprint density at radius 2 is 2.00 bits per heavy atom.